The predicted molar refractivity (Wildman–Crippen MR) is 89.2 cm³/mol. The SMILES string of the molecule is O=C1S/C(=C\c2cccs2)C(=O)N1c1ccc(Cl)c(Cl)c1. The number of hydrogen-bond acceptors (Lipinski definition) is 4. The Bertz CT molecular complexity index is 756. The zero-order valence-electron chi connectivity index (χ0n) is 10.4. The molecule has 0 unspecified atom stereocenters. The molecule has 3 nitrogen and oxygen atoms in total. The quantitative estimate of drug-likeness (QED) is 0.686. The van der Waals surface area contributed by atoms with E-state index in [9.17, 15) is 9.59 Å². The van der Waals surface area contributed by atoms with E-state index in [0.29, 0.717) is 20.6 Å². The van der Waals surface area contributed by atoms with Gasteiger partial charge < -0.3 is 0 Å². The van der Waals surface area contributed by atoms with Crippen LogP contribution in [0.25, 0.3) is 6.08 Å². The van der Waals surface area contributed by atoms with Crippen LogP contribution in [-0.4, -0.2) is 11.1 Å². The molecule has 3 rings (SSSR count). The summed E-state index contributed by atoms with van der Waals surface area (Å²) in [5, 5.41) is 2.24. The molecule has 0 saturated carbocycles. The molecule has 2 heterocycles. The Balaban J connectivity index is 1.95. The average molecular weight is 356 g/mol. The molecular formula is C14H7Cl2NO2S2. The lowest BCUT2D eigenvalue weighted by Gasteiger charge is -2.12. The van der Waals surface area contributed by atoms with Gasteiger partial charge in [-0.05, 0) is 47.5 Å². The molecule has 1 aliphatic heterocycles. The lowest BCUT2D eigenvalue weighted by atomic mass is 10.3. The van der Waals surface area contributed by atoms with Gasteiger partial charge in [0.25, 0.3) is 11.1 Å². The molecule has 1 saturated heterocycles. The van der Waals surface area contributed by atoms with Gasteiger partial charge in [0.2, 0.25) is 0 Å². The second-order valence-corrected chi connectivity index (χ2v) is 6.92. The first-order valence-electron chi connectivity index (χ1n) is 5.83. The average Bonchev–Trinajstić information content (AvgIpc) is 3.03. The number of halogens is 2. The number of rotatable bonds is 2. The number of nitrogens with zero attached hydrogens (tertiary/aromatic N) is 1. The third-order valence-corrected chi connectivity index (χ3v) is 5.20. The van der Waals surface area contributed by atoms with Crippen molar-refractivity contribution >= 4 is 69.2 Å². The maximum atomic E-state index is 12.4. The number of thioether (sulfide) groups is 1. The second-order valence-electron chi connectivity index (χ2n) is 4.13. The summed E-state index contributed by atoms with van der Waals surface area (Å²) >= 11 is 14.2. The molecule has 2 amide bonds. The van der Waals surface area contributed by atoms with E-state index >= 15 is 0 Å². The van der Waals surface area contributed by atoms with Gasteiger partial charge in [-0.2, -0.15) is 0 Å². The van der Waals surface area contributed by atoms with Crippen molar-refractivity contribution in [2.75, 3.05) is 4.90 Å². The fourth-order valence-corrected chi connectivity index (χ4v) is 3.67. The van der Waals surface area contributed by atoms with Crippen molar-refractivity contribution in [3.05, 3.63) is 55.5 Å². The summed E-state index contributed by atoms with van der Waals surface area (Å²) in [7, 11) is 0. The first kappa shape index (κ1) is 14.7. The fourth-order valence-electron chi connectivity index (χ4n) is 1.82. The number of amides is 2. The number of thiophene rings is 1. The lowest BCUT2D eigenvalue weighted by Crippen LogP contribution is -2.27. The van der Waals surface area contributed by atoms with Gasteiger partial charge in [0.15, 0.2) is 0 Å². The fraction of sp³-hybridized carbons (Fsp3) is 0. The van der Waals surface area contributed by atoms with Crippen molar-refractivity contribution in [2.24, 2.45) is 0 Å². The van der Waals surface area contributed by atoms with Crippen LogP contribution in [-0.2, 0) is 4.79 Å². The molecule has 21 heavy (non-hydrogen) atoms. The number of carbonyl (C=O) groups excluding carboxylic acids is 2. The minimum absolute atomic E-state index is 0.301. The molecule has 106 valence electrons. The molecule has 1 aromatic carbocycles. The number of hydrogen-bond donors (Lipinski definition) is 0. The van der Waals surface area contributed by atoms with E-state index in [-0.39, 0.29) is 11.1 Å². The number of anilines is 1. The van der Waals surface area contributed by atoms with Crippen LogP contribution >= 0.6 is 46.3 Å². The van der Waals surface area contributed by atoms with E-state index in [2.05, 4.69) is 0 Å². The van der Waals surface area contributed by atoms with Crippen LogP contribution in [0.4, 0.5) is 10.5 Å². The van der Waals surface area contributed by atoms with Gasteiger partial charge in [-0.15, -0.1) is 11.3 Å². The lowest BCUT2D eigenvalue weighted by molar-refractivity contribution is -0.113. The Morgan fingerprint density at radius 2 is 1.90 bits per heavy atom. The third-order valence-electron chi connectivity index (χ3n) is 2.77. The van der Waals surface area contributed by atoms with E-state index in [1.807, 2.05) is 17.5 Å². The highest BCUT2D eigenvalue weighted by atomic mass is 35.5. The molecular weight excluding hydrogens is 349 g/mol. The van der Waals surface area contributed by atoms with Crippen molar-refractivity contribution in [1.29, 1.82) is 0 Å². The monoisotopic (exact) mass is 355 g/mol. The number of imide groups is 1. The zero-order chi connectivity index (χ0) is 15.0. The van der Waals surface area contributed by atoms with Gasteiger partial charge in [0.05, 0.1) is 20.6 Å². The molecule has 0 radical (unpaired) electrons. The molecule has 1 aromatic heterocycles. The maximum Gasteiger partial charge on any atom is 0.298 e. The van der Waals surface area contributed by atoms with Crippen LogP contribution < -0.4 is 4.90 Å². The van der Waals surface area contributed by atoms with Crippen LogP contribution in [0.2, 0.25) is 10.0 Å². The molecule has 0 bridgehead atoms. The minimum Gasteiger partial charge on any atom is -0.268 e. The van der Waals surface area contributed by atoms with Crippen molar-refractivity contribution in [3.8, 4) is 0 Å². The Labute approximate surface area is 139 Å². The Kier molecular flexibility index (Phi) is 4.08. The standard InChI is InChI=1S/C14H7Cl2NO2S2/c15-10-4-3-8(6-11(10)16)17-13(18)12(21-14(17)19)7-9-2-1-5-20-9/h1-7H/b12-7-. The van der Waals surface area contributed by atoms with Crippen LogP contribution in [0, 0.1) is 0 Å². The van der Waals surface area contributed by atoms with Crippen LogP contribution in [0.5, 0.6) is 0 Å². The summed E-state index contributed by atoms with van der Waals surface area (Å²) in [5.41, 5.74) is 0.418. The molecule has 2 aromatic rings. The van der Waals surface area contributed by atoms with E-state index in [0.717, 1.165) is 21.5 Å². The van der Waals surface area contributed by atoms with Crippen LogP contribution in [0.1, 0.15) is 4.88 Å². The molecule has 1 fully saturated rings. The summed E-state index contributed by atoms with van der Waals surface area (Å²) < 4.78 is 0. The first-order valence-corrected chi connectivity index (χ1v) is 8.28. The molecule has 0 N–H and O–H groups in total. The summed E-state index contributed by atoms with van der Waals surface area (Å²) in [5.74, 6) is -0.350. The van der Waals surface area contributed by atoms with Crippen molar-refractivity contribution < 1.29 is 9.59 Å². The third kappa shape index (κ3) is 2.87. The van der Waals surface area contributed by atoms with Crippen molar-refractivity contribution in [2.45, 2.75) is 0 Å². The summed E-state index contributed by atoms with van der Waals surface area (Å²) in [4.78, 5) is 26.9. The summed E-state index contributed by atoms with van der Waals surface area (Å²) in [6, 6.07) is 8.44. The Morgan fingerprint density at radius 1 is 1.10 bits per heavy atom. The normalized spacial score (nSPS) is 17.0. The predicted octanol–water partition coefficient (Wildman–Crippen LogP) is 5.30. The number of benzene rings is 1. The highest BCUT2D eigenvalue weighted by molar-refractivity contribution is 8.19. The smallest absolute Gasteiger partial charge is 0.268 e. The minimum atomic E-state index is -0.350. The molecule has 0 spiro atoms. The van der Waals surface area contributed by atoms with Gasteiger partial charge in [0, 0.05) is 4.88 Å². The topological polar surface area (TPSA) is 37.4 Å². The van der Waals surface area contributed by atoms with Crippen LogP contribution in [0.3, 0.4) is 0 Å². The molecule has 7 heteroatoms. The van der Waals surface area contributed by atoms with E-state index < -0.39 is 0 Å². The van der Waals surface area contributed by atoms with Crippen LogP contribution in [0.15, 0.2) is 40.6 Å². The van der Waals surface area contributed by atoms with E-state index in [4.69, 9.17) is 23.2 Å². The highest BCUT2D eigenvalue weighted by Crippen LogP contribution is 2.37. The Hall–Kier alpha value is -1.27. The van der Waals surface area contributed by atoms with E-state index in [1.165, 1.54) is 17.4 Å². The van der Waals surface area contributed by atoms with Gasteiger partial charge >= 0.3 is 0 Å². The molecule has 0 aliphatic carbocycles. The van der Waals surface area contributed by atoms with Crippen molar-refractivity contribution in [3.63, 3.8) is 0 Å². The Morgan fingerprint density at radius 3 is 2.57 bits per heavy atom. The summed E-state index contributed by atoms with van der Waals surface area (Å²) in [6.45, 7) is 0. The molecule has 0 atom stereocenters. The molecule has 1 aliphatic rings. The van der Waals surface area contributed by atoms with E-state index in [1.54, 1.807) is 18.2 Å². The van der Waals surface area contributed by atoms with Gasteiger partial charge in [-0.1, -0.05) is 29.3 Å². The van der Waals surface area contributed by atoms with Gasteiger partial charge in [-0.3, -0.25) is 9.59 Å². The largest absolute Gasteiger partial charge is 0.298 e. The second kappa shape index (κ2) is 5.85. The van der Waals surface area contributed by atoms with Gasteiger partial charge in [0.1, 0.15) is 0 Å². The zero-order valence-corrected chi connectivity index (χ0v) is 13.5. The summed E-state index contributed by atoms with van der Waals surface area (Å²) in [6.07, 6.45) is 1.72. The maximum absolute atomic E-state index is 12.4. The van der Waals surface area contributed by atoms with Crippen molar-refractivity contribution in [1.82, 2.24) is 0 Å². The number of carbonyl (C=O) groups is 2. The van der Waals surface area contributed by atoms with Gasteiger partial charge in [-0.25, -0.2) is 4.90 Å². The first-order chi connectivity index (χ1) is 10.1. The highest BCUT2D eigenvalue weighted by Gasteiger charge is 2.36.